The van der Waals surface area contributed by atoms with Crippen molar-refractivity contribution in [3.63, 3.8) is 0 Å². The zero-order chi connectivity index (χ0) is 17.9. The van der Waals surface area contributed by atoms with Crippen LogP contribution in [-0.4, -0.2) is 64.2 Å². The smallest absolute Gasteiger partial charge is 0.251 e. The molecule has 7 nitrogen and oxygen atoms in total. The molecule has 3 rings (SSSR count). The van der Waals surface area contributed by atoms with Crippen molar-refractivity contribution in [3.8, 4) is 0 Å². The van der Waals surface area contributed by atoms with E-state index in [-0.39, 0.29) is 21.9 Å². The topological polar surface area (TPSA) is 84.9 Å². The molecule has 138 valence electrons. The molecule has 2 aliphatic rings. The quantitative estimate of drug-likeness (QED) is 0.821. The summed E-state index contributed by atoms with van der Waals surface area (Å²) in [5.41, 5.74) is 0.323. The summed E-state index contributed by atoms with van der Waals surface area (Å²) in [6, 6.07) is 4.25. The second-order valence-corrected chi connectivity index (χ2v) is 8.32. The Morgan fingerprint density at radius 3 is 2.68 bits per heavy atom. The highest BCUT2D eigenvalue weighted by Crippen LogP contribution is 2.26. The number of nitrogens with one attached hydrogen (secondary N) is 1. The number of carbonyl (C=O) groups excluding carboxylic acids is 1. The lowest BCUT2D eigenvalue weighted by atomic mass is 10.2. The Morgan fingerprint density at radius 1 is 1.28 bits per heavy atom. The van der Waals surface area contributed by atoms with Crippen molar-refractivity contribution in [3.05, 3.63) is 28.8 Å². The molecule has 0 aromatic heterocycles. The number of ether oxygens (including phenoxy) is 2. The van der Waals surface area contributed by atoms with Gasteiger partial charge >= 0.3 is 0 Å². The Hall–Kier alpha value is -1.19. The van der Waals surface area contributed by atoms with E-state index in [1.54, 1.807) is 0 Å². The molecular weight excluding hydrogens is 368 g/mol. The van der Waals surface area contributed by atoms with Crippen molar-refractivity contribution in [2.45, 2.75) is 23.8 Å². The third kappa shape index (κ3) is 4.32. The molecule has 0 radical (unpaired) electrons. The third-order valence-electron chi connectivity index (χ3n) is 4.30. The first kappa shape index (κ1) is 18.6. The zero-order valence-corrected chi connectivity index (χ0v) is 15.3. The van der Waals surface area contributed by atoms with Gasteiger partial charge in [-0.25, -0.2) is 8.42 Å². The average Bonchev–Trinajstić information content (AvgIpc) is 3.13. The first-order valence-electron chi connectivity index (χ1n) is 8.26. The van der Waals surface area contributed by atoms with E-state index in [2.05, 4.69) is 5.32 Å². The van der Waals surface area contributed by atoms with E-state index < -0.39 is 10.0 Å². The van der Waals surface area contributed by atoms with Gasteiger partial charge in [-0.3, -0.25) is 4.79 Å². The maximum absolute atomic E-state index is 12.7. The van der Waals surface area contributed by atoms with Gasteiger partial charge in [-0.2, -0.15) is 4.31 Å². The van der Waals surface area contributed by atoms with Gasteiger partial charge in [0.1, 0.15) is 4.90 Å². The second-order valence-electron chi connectivity index (χ2n) is 6.01. The Balaban J connectivity index is 1.70. The monoisotopic (exact) mass is 388 g/mol. The van der Waals surface area contributed by atoms with E-state index >= 15 is 0 Å². The van der Waals surface area contributed by atoms with Gasteiger partial charge < -0.3 is 14.8 Å². The number of hydrogen-bond donors (Lipinski definition) is 1. The van der Waals surface area contributed by atoms with Gasteiger partial charge in [-0.1, -0.05) is 11.6 Å². The van der Waals surface area contributed by atoms with Crippen LogP contribution in [0.2, 0.25) is 5.02 Å². The van der Waals surface area contributed by atoms with Crippen LogP contribution in [0.3, 0.4) is 0 Å². The number of carbonyl (C=O) groups is 1. The highest BCUT2D eigenvalue weighted by atomic mass is 35.5. The number of sulfonamides is 1. The van der Waals surface area contributed by atoms with Gasteiger partial charge in [0.25, 0.3) is 5.91 Å². The van der Waals surface area contributed by atoms with Crippen LogP contribution in [0.5, 0.6) is 0 Å². The van der Waals surface area contributed by atoms with Crippen LogP contribution < -0.4 is 5.32 Å². The molecule has 1 N–H and O–H groups in total. The van der Waals surface area contributed by atoms with E-state index in [9.17, 15) is 13.2 Å². The first-order valence-corrected chi connectivity index (χ1v) is 10.1. The van der Waals surface area contributed by atoms with E-state index in [0.717, 1.165) is 19.4 Å². The van der Waals surface area contributed by atoms with E-state index in [4.69, 9.17) is 21.1 Å². The van der Waals surface area contributed by atoms with Crippen molar-refractivity contribution in [1.82, 2.24) is 9.62 Å². The predicted molar refractivity (Wildman–Crippen MR) is 92.3 cm³/mol. The molecule has 9 heteroatoms. The Labute approximate surface area is 152 Å². The minimum atomic E-state index is -3.69. The fourth-order valence-electron chi connectivity index (χ4n) is 2.89. The van der Waals surface area contributed by atoms with Crippen LogP contribution >= 0.6 is 11.6 Å². The molecule has 0 unspecified atom stereocenters. The molecule has 1 amide bonds. The second kappa shape index (κ2) is 8.01. The Bertz CT molecular complexity index is 728. The zero-order valence-electron chi connectivity index (χ0n) is 13.7. The highest BCUT2D eigenvalue weighted by molar-refractivity contribution is 7.89. The third-order valence-corrected chi connectivity index (χ3v) is 6.68. The summed E-state index contributed by atoms with van der Waals surface area (Å²) in [6.07, 6.45) is 1.97. The lowest BCUT2D eigenvalue weighted by Crippen LogP contribution is -2.40. The van der Waals surface area contributed by atoms with Crippen molar-refractivity contribution in [2.75, 3.05) is 39.5 Å². The number of amides is 1. The molecule has 1 aromatic rings. The van der Waals surface area contributed by atoms with Gasteiger partial charge in [0.15, 0.2) is 0 Å². The molecule has 1 atom stereocenters. The summed E-state index contributed by atoms with van der Waals surface area (Å²) in [6.45, 7) is 2.47. The summed E-state index contributed by atoms with van der Waals surface area (Å²) < 4.78 is 37.3. The maximum atomic E-state index is 12.7. The minimum absolute atomic E-state index is 0.00624. The van der Waals surface area contributed by atoms with Gasteiger partial charge in [-0.05, 0) is 31.0 Å². The SMILES string of the molecule is O=C(NC[C@@H]1CCCO1)c1ccc(S(=O)(=O)N2CCOCC2)c(Cl)c1. The van der Waals surface area contributed by atoms with Crippen LogP contribution in [0.15, 0.2) is 23.1 Å². The normalized spacial score (nSPS) is 22.0. The van der Waals surface area contributed by atoms with Crippen LogP contribution in [0.4, 0.5) is 0 Å². The molecule has 25 heavy (non-hydrogen) atoms. The first-order chi connectivity index (χ1) is 12.0. The van der Waals surface area contributed by atoms with Gasteiger partial charge in [0, 0.05) is 31.8 Å². The number of rotatable bonds is 5. The minimum Gasteiger partial charge on any atom is -0.379 e. The Morgan fingerprint density at radius 2 is 2.04 bits per heavy atom. The standard InChI is InChI=1S/C16H21ClN2O5S/c17-14-10-12(16(20)18-11-13-2-1-7-24-13)3-4-15(14)25(21,22)19-5-8-23-9-6-19/h3-4,10,13H,1-2,5-9,11H2,(H,18,20)/t13-/m0/s1. The van der Waals surface area contributed by atoms with Crippen LogP contribution in [0.25, 0.3) is 0 Å². The van der Waals surface area contributed by atoms with Crippen LogP contribution in [-0.2, 0) is 19.5 Å². The van der Waals surface area contributed by atoms with Gasteiger partial charge in [-0.15, -0.1) is 0 Å². The summed E-state index contributed by atoms with van der Waals surface area (Å²) in [5.74, 6) is -0.298. The number of morpholine rings is 1. The van der Waals surface area contributed by atoms with E-state index in [1.807, 2.05) is 0 Å². The number of hydrogen-bond acceptors (Lipinski definition) is 5. The number of nitrogens with zero attached hydrogens (tertiary/aromatic N) is 1. The molecule has 2 aliphatic heterocycles. The lowest BCUT2D eigenvalue weighted by Gasteiger charge is -2.26. The Kier molecular flexibility index (Phi) is 5.96. The van der Waals surface area contributed by atoms with Crippen molar-refractivity contribution >= 4 is 27.5 Å². The molecule has 2 heterocycles. The van der Waals surface area contributed by atoms with E-state index in [1.165, 1.54) is 22.5 Å². The molecule has 2 fully saturated rings. The van der Waals surface area contributed by atoms with Crippen LogP contribution in [0.1, 0.15) is 23.2 Å². The maximum Gasteiger partial charge on any atom is 0.251 e. The largest absolute Gasteiger partial charge is 0.379 e. The number of halogens is 1. The molecule has 1 aromatic carbocycles. The van der Waals surface area contributed by atoms with Crippen molar-refractivity contribution < 1.29 is 22.7 Å². The molecule has 0 aliphatic carbocycles. The summed E-state index contributed by atoms with van der Waals surface area (Å²) in [4.78, 5) is 12.2. The van der Waals surface area contributed by atoms with Crippen molar-refractivity contribution in [2.24, 2.45) is 0 Å². The highest BCUT2D eigenvalue weighted by Gasteiger charge is 2.28. The summed E-state index contributed by atoms with van der Waals surface area (Å²) >= 11 is 6.16. The summed E-state index contributed by atoms with van der Waals surface area (Å²) in [5, 5.41) is 2.83. The number of benzene rings is 1. The van der Waals surface area contributed by atoms with Gasteiger partial charge in [0.2, 0.25) is 10.0 Å². The summed E-state index contributed by atoms with van der Waals surface area (Å²) in [7, 11) is -3.69. The van der Waals surface area contributed by atoms with Gasteiger partial charge in [0.05, 0.1) is 24.3 Å². The fraction of sp³-hybridized carbons (Fsp3) is 0.562. The predicted octanol–water partition coefficient (Wildman–Crippen LogP) is 1.27. The average molecular weight is 389 g/mol. The van der Waals surface area contributed by atoms with Crippen molar-refractivity contribution in [1.29, 1.82) is 0 Å². The molecule has 0 spiro atoms. The lowest BCUT2D eigenvalue weighted by molar-refractivity contribution is 0.0730. The van der Waals surface area contributed by atoms with Crippen LogP contribution in [0, 0.1) is 0 Å². The fourth-order valence-corrected chi connectivity index (χ4v) is 4.82. The molecule has 0 bridgehead atoms. The molecule has 0 saturated carbocycles. The van der Waals surface area contributed by atoms with E-state index in [0.29, 0.717) is 38.4 Å². The molecule has 2 saturated heterocycles. The molecular formula is C16H21ClN2O5S.